The molecule has 0 spiro atoms. The fourth-order valence-corrected chi connectivity index (χ4v) is 3.65. The molecule has 3 rings (SSSR count). The lowest BCUT2D eigenvalue weighted by Crippen LogP contribution is -2.60. The highest BCUT2D eigenvalue weighted by atomic mass is 16.5. The maximum Gasteiger partial charge on any atom is 0.240 e. The van der Waals surface area contributed by atoms with Crippen LogP contribution in [0.5, 0.6) is 0 Å². The van der Waals surface area contributed by atoms with E-state index in [1.807, 2.05) is 0 Å². The highest BCUT2D eigenvalue weighted by Crippen LogP contribution is 2.27. The van der Waals surface area contributed by atoms with E-state index in [-0.39, 0.29) is 5.91 Å². The normalized spacial score (nSPS) is 34.8. The topological polar surface area (TPSA) is 67.6 Å². The molecule has 0 aromatic heterocycles. The number of carbonyl (C=O) groups excluding carboxylic acids is 1. The average molecular weight is 267 g/mol. The number of hydrogen-bond donors (Lipinski definition) is 2. The molecule has 5 heteroatoms. The predicted molar refractivity (Wildman–Crippen MR) is 72.7 cm³/mol. The van der Waals surface area contributed by atoms with E-state index >= 15 is 0 Å². The molecule has 0 radical (unpaired) electrons. The van der Waals surface area contributed by atoms with Gasteiger partial charge in [-0.25, -0.2) is 0 Å². The van der Waals surface area contributed by atoms with Crippen LogP contribution in [0.1, 0.15) is 38.5 Å². The predicted octanol–water partition coefficient (Wildman–Crippen LogP) is 0.237. The van der Waals surface area contributed by atoms with Crippen molar-refractivity contribution < 1.29 is 9.53 Å². The third kappa shape index (κ3) is 2.78. The van der Waals surface area contributed by atoms with Crippen LogP contribution in [0.15, 0.2) is 0 Å². The maximum absolute atomic E-state index is 12.4. The van der Waals surface area contributed by atoms with E-state index in [1.165, 1.54) is 19.4 Å². The number of nitrogens with one attached hydrogen (secondary N) is 1. The Bertz CT molecular complexity index is 342. The van der Waals surface area contributed by atoms with Crippen LogP contribution in [0.3, 0.4) is 0 Å². The SMILES string of the molecule is NC1(C(=O)NC2CCN3CCCC3C2)CCOCC1. The summed E-state index contributed by atoms with van der Waals surface area (Å²) in [7, 11) is 0. The summed E-state index contributed by atoms with van der Waals surface area (Å²) in [6, 6.07) is 0.998. The van der Waals surface area contributed by atoms with E-state index in [1.54, 1.807) is 0 Å². The maximum atomic E-state index is 12.4. The second-order valence-electron chi connectivity index (χ2n) is 6.30. The molecule has 0 bridgehead atoms. The molecule has 0 saturated carbocycles. The molecule has 1 amide bonds. The van der Waals surface area contributed by atoms with Crippen molar-refractivity contribution in [1.29, 1.82) is 0 Å². The van der Waals surface area contributed by atoms with Crippen LogP contribution in [0.2, 0.25) is 0 Å². The molecule has 3 aliphatic heterocycles. The van der Waals surface area contributed by atoms with Crippen LogP contribution in [0.4, 0.5) is 0 Å². The molecule has 3 heterocycles. The highest BCUT2D eigenvalue weighted by molar-refractivity contribution is 5.86. The second kappa shape index (κ2) is 5.38. The Kier molecular flexibility index (Phi) is 3.78. The number of nitrogens with zero attached hydrogens (tertiary/aromatic N) is 1. The van der Waals surface area contributed by atoms with Gasteiger partial charge in [-0.05, 0) is 45.1 Å². The summed E-state index contributed by atoms with van der Waals surface area (Å²) >= 11 is 0. The Balaban J connectivity index is 1.54. The number of nitrogens with two attached hydrogens (primary N) is 1. The summed E-state index contributed by atoms with van der Waals surface area (Å²) in [6.45, 7) is 3.57. The standard InChI is InChI=1S/C14H25N3O2/c15-14(4-8-19-9-5-14)13(18)16-11-3-7-17-6-1-2-12(17)10-11/h11-12H,1-10,15H2,(H,16,18). The highest BCUT2D eigenvalue weighted by Gasteiger charge is 2.38. The second-order valence-corrected chi connectivity index (χ2v) is 6.30. The zero-order chi connectivity index (χ0) is 13.3. The van der Waals surface area contributed by atoms with Gasteiger partial charge in [0.1, 0.15) is 0 Å². The number of piperidine rings is 1. The third-order valence-electron chi connectivity index (χ3n) is 4.99. The van der Waals surface area contributed by atoms with Crippen LogP contribution in [0.25, 0.3) is 0 Å². The fourth-order valence-electron chi connectivity index (χ4n) is 3.65. The Morgan fingerprint density at radius 2 is 2.05 bits per heavy atom. The van der Waals surface area contributed by atoms with Crippen molar-refractivity contribution >= 4 is 5.91 Å². The monoisotopic (exact) mass is 267 g/mol. The molecule has 0 aliphatic carbocycles. The van der Waals surface area contributed by atoms with Crippen LogP contribution in [-0.4, -0.2) is 54.7 Å². The molecule has 2 unspecified atom stereocenters. The van der Waals surface area contributed by atoms with E-state index in [0.717, 1.165) is 19.4 Å². The van der Waals surface area contributed by atoms with E-state index in [0.29, 0.717) is 38.1 Å². The van der Waals surface area contributed by atoms with Gasteiger partial charge in [-0.2, -0.15) is 0 Å². The van der Waals surface area contributed by atoms with Gasteiger partial charge in [-0.15, -0.1) is 0 Å². The fraction of sp³-hybridized carbons (Fsp3) is 0.929. The van der Waals surface area contributed by atoms with Gasteiger partial charge >= 0.3 is 0 Å². The van der Waals surface area contributed by atoms with Gasteiger partial charge < -0.3 is 20.7 Å². The van der Waals surface area contributed by atoms with Crippen molar-refractivity contribution in [1.82, 2.24) is 10.2 Å². The van der Waals surface area contributed by atoms with Gasteiger partial charge in [0.15, 0.2) is 0 Å². The van der Waals surface area contributed by atoms with Gasteiger partial charge in [0.05, 0.1) is 5.54 Å². The molecular weight excluding hydrogens is 242 g/mol. The number of fused-ring (bicyclic) bond motifs is 1. The van der Waals surface area contributed by atoms with E-state index in [2.05, 4.69) is 10.2 Å². The van der Waals surface area contributed by atoms with Crippen LogP contribution in [0, 0.1) is 0 Å². The lowest BCUT2D eigenvalue weighted by molar-refractivity contribution is -0.130. The molecule has 3 N–H and O–H groups in total. The molecule has 19 heavy (non-hydrogen) atoms. The van der Waals surface area contributed by atoms with E-state index in [9.17, 15) is 4.79 Å². The zero-order valence-electron chi connectivity index (χ0n) is 11.6. The first kappa shape index (κ1) is 13.3. The Morgan fingerprint density at radius 1 is 1.26 bits per heavy atom. The van der Waals surface area contributed by atoms with E-state index in [4.69, 9.17) is 10.5 Å². The van der Waals surface area contributed by atoms with Crippen molar-refractivity contribution in [3.8, 4) is 0 Å². The lowest BCUT2D eigenvalue weighted by Gasteiger charge is -2.38. The van der Waals surface area contributed by atoms with Crippen molar-refractivity contribution in [2.45, 2.75) is 56.1 Å². The number of amides is 1. The van der Waals surface area contributed by atoms with Crippen LogP contribution >= 0.6 is 0 Å². The zero-order valence-corrected chi connectivity index (χ0v) is 11.6. The lowest BCUT2D eigenvalue weighted by atomic mass is 9.89. The summed E-state index contributed by atoms with van der Waals surface area (Å²) in [4.78, 5) is 14.9. The van der Waals surface area contributed by atoms with E-state index < -0.39 is 5.54 Å². The largest absolute Gasteiger partial charge is 0.381 e. The van der Waals surface area contributed by atoms with Crippen molar-refractivity contribution in [2.24, 2.45) is 5.73 Å². The molecule has 3 aliphatic rings. The summed E-state index contributed by atoms with van der Waals surface area (Å²) < 4.78 is 5.30. The Hall–Kier alpha value is -0.650. The number of hydrogen-bond acceptors (Lipinski definition) is 4. The van der Waals surface area contributed by atoms with Crippen molar-refractivity contribution in [3.63, 3.8) is 0 Å². The molecule has 0 aromatic carbocycles. The molecule has 2 atom stereocenters. The first-order chi connectivity index (χ1) is 9.17. The first-order valence-corrected chi connectivity index (χ1v) is 7.59. The smallest absolute Gasteiger partial charge is 0.240 e. The molecule has 3 fully saturated rings. The summed E-state index contributed by atoms with van der Waals surface area (Å²) in [5.41, 5.74) is 5.52. The molecule has 108 valence electrons. The first-order valence-electron chi connectivity index (χ1n) is 7.59. The third-order valence-corrected chi connectivity index (χ3v) is 4.99. The molecule has 0 aromatic rings. The number of carbonyl (C=O) groups is 1. The van der Waals surface area contributed by atoms with Gasteiger partial charge in [0, 0.05) is 31.8 Å². The van der Waals surface area contributed by atoms with Crippen molar-refractivity contribution in [3.05, 3.63) is 0 Å². The van der Waals surface area contributed by atoms with Crippen molar-refractivity contribution in [2.75, 3.05) is 26.3 Å². The Morgan fingerprint density at radius 3 is 2.84 bits per heavy atom. The minimum atomic E-state index is -0.703. The van der Waals surface area contributed by atoms with Gasteiger partial charge in [0.2, 0.25) is 5.91 Å². The van der Waals surface area contributed by atoms with Gasteiger partial charge in [-0.3, -0.25) is 4.79 Å². The minimum absolute atomic E-state index is 0.0345. The number of ether oxygens (including phenoxy) is 1. The van der Waals surface area contributed by atoms with Gasteiger partial charge in [0.25, 0.3) is 0 Å². The average Bonchev–Trinajstić information content (AvgIpc) is 2.87. The van der Waals surface area contributed by atoms with Crippen LogP contribution in [-0.2, 0) is 9.53 Å². The quantitative estimate of drug-likeness (QED) is 0.752. The number of rotatable bonds is 2. The summed E-state index contributed by atoms with van der Waals surface area (Å²) in [5.74, 6) is 0.0345. The summed E-state index contributed by atoms with van der Waals surface area (Å²) in [6.07, 6.45) is 6.03. The summed E-state index contributed by atoms with van der Waals surface area (Å²) in [5, 5.41) is 3.20. The Labute approximate surface area is 114 Å². The molecule has 5 nitrogen and oxygen atoms in total. The molecular formula is C14H25N3O2. The molecule has 3 saturated heterocycles. The van der Waals surface area contributed by atoms with Crippen LogP contribution < -0.4 is 11.1 Å². The van der Waals surface area contributed by atoms with Gasteiger partial charge in [-0.1, -0.05) is 0 Å². The minimum Gasteiger partial charge on any atom is -0.381 e.